The number of hydrogen-bond donors (Lipinski definition) is 1. The van der Waals surface area contributed by atoms with E-state index in [1.165, 1.54) is 25.2 Å². The molecule has 2 N–H and O–H groups in total. The van der Waals surface area contributed by atoms with E-state index in [-0.39, 0.29) is 23.4 Å². The van der Waals surface area contributed by atoms with Gasteiger partial charge in [0.05, 0.1) is 0 Å². The lowest BCUT2D eigenvalue weighted by molar-refractivity contribution is 0.396. The molecule has 0 saturated carbocycles. The van der Waals surface area contributed by atoms with E-state index in [1.807, 2.05) is 13.8 Å². The topological polar surface area (TPSA) is 63.4 Å². The molecule has 19 heavy (non-hydrogen) atoms. The van der Waals surface area contributed by atoms with Crippen LogP contribution in [0.15, 0.2) is 29.2 Å². The average molecular weight is 288 g/mol. The normalized spacial score (nSPS) is 14.1. The summed E-state index contributed by atoms with van der Waals surface area (Å²) in [6.45, 7) is 4.24. The molecule has 108 valence electrons. The molecular weight excluding hydrogens is 267 g/mol. The van der Waals surface area contributed by atoms with Gasteiger partial charge in [-0.25, -0.2) is 17.1 Å². The summed E-state index contributed by atoms with van der Waals surface area (Å²) in [5.74, 6) is -0.452. The second-order valence-electron chi connectivity index (χ2n) is 4.95. The van der Waals surface area contributed by atoms with Crippen molar-refractivity contribution in [3.8, 4) is 0 Å². The maximum Gasteiger partial charge on any atom is 0.245 e. The molecule has 1 rings (SSSR count). The van der Waals surface area contributed by atoms with E-state index in [9.17, 15) is 12.8 Å². The SMILES string of the molecule is CC(C)C(N)CCN(C)S(=O)(=O)c1ccccc1F. The molecule has 0 aromatic heterocycles. The minimum atomic E-state index is -3.79. The van der Waals surface area contributed by atoms with Crippen LogP contribution in [0.3, 0.4) is 0 Å². The fourth-order valence-corrected chi connectivity index (χ4v) is 2.85. The molecule has 0 heterocycles. The van der Waals surface area contributed by atoms with Gasteiger partial charge >= 0.3 is 0 Å². The smallest absolute Gasteiger partial charge is 0.245 e. The number of nitrogens with zero attached hydrogens (tertiary/aromatic N) is 1. The lowest BCUT2D eigenvalue weighted by atomic mass is 10.0. The van der Waals surface area contributed by atoms with Crippen molar-refractivity contribution in [1.29, 1.82) is 0 Å². The Kier molecular flexibility index (Phi) is 5.46. The summed E-state index contributed by atoms with van der Waals surface area (Å²) in [7, 11) is -2.35. The minimum absolute atomic E-state index is 0.0710. The maximum absolute atomic E-state index is 13.5. The number of sulfonamides is 1. The van der Waals surface area contributed by atoms with Crippen molar-refractivity contribution in [2.24, 2.45) is 11.7 Å². The molecule has 0 amide bonds. The zero-order valence-electron chi connectivity index (χ0n) is 11.5. The summed E-state index contributed by atoms with van der Waals surface area (Å²) in [5.41, 5.74) is 5.88. The van der Waals surface area contributed by atoms with Gasteiger partial charge in [-0.1, -0.05) is 26.0 Å². The van der Waals surface area contributed by atoms with Crippen LogP contribution >= 0.6 is 0 Å². The molecule has 0 aliphatic rings. The predicted molar refractivity (Wildman–Crippen MR) is 73.6 cm³/mol. The van der Waals surface area contributed by atoms with E-state index < -0.39 is 15.8 Å². The highest BCUT2D eigenvalue weighted by Gasteiger charge is 2.24. The highest BCUT2D eigenvalue weighted by atomic mass is 32.2. The Balaban J connectivity index is 2.81. The van der Waals surface area contributed by atoms with Crippen molar-refractivity contribution in [2.75, 3.05) is 13.6 Å². The van der Waals surface area contributed by atoms with Gasteiger partial charge in [-0.05, 0) is 24.5 Å². The summed E-state index contributed by atoms with van der Waals surface area (Å²) in [5, 5.41) is 0. The zero-order valence-corrected chi connectivity index (χ0v) is 12.3. The molecule has 1 unspecified atom stereocenters. The third-order valence-electron chi connectivity index (χ3n) is 3.16. The van der Waals surface area contributed by atoms with Crippen LogP contribution in [0.4, 0.5) is 4.39 Å². The molecule has 4 nitrogen and oxygen atoms in total. The molecular formula is C13H21FN2O2S. The van der Waals surface area contributed by atoms with E-state index >= 15 is 0 Å². The van der Waals surface area contributed by atoms with Crippen LogP contribution in [0.25, 0.3) is 0 Å². The highest BCUT2D eigenvalue weighted by molar-refractivity contribution is 7.89. The first-order valence-electron chi connectivity index (χ1n) is 6.23. The van der Waals surface area contributed by atoms with Crippen LogP contribution in [-0.2, 0) is 10.0 Å². The number of hydrogen-bond acceptors (Lipinski definition) is 3. The second kappa shape index (κ2) is 6.45. The lowest BCUT2D eigenvalue weighted by Gasteiger charge is -2.21. The van der Waals surface area contributed by atoms with Crippen molar-refractivity contribution in [3.63, 3.8) is 0 Å². The van der Waals surface area contributed by atoms with Crippen LogP contribution < -0.4 is 5.73 Å². The Morgan fingerprint density at radius 3 is 2.42 bits per heavy atom. The first-order chi connectivity index (χ1) is 8.76. The number of benzene rings is 1. The molecule has 0 saturated heterocycles. The van der Waals surface area contributed by atoms with Gasteiger partial charge in [-0.2, -0.15) is 0 Å². The summed E-state index contributed by atoms with van der Waals surface area (Å²) >= 11 is 0. The van der Waals surface area contributed by atoms with Crippen molar-refractivity contribution in [2.45, 2.75) is 31.2 Å². The molecule has 1 aromatic rings. The predicted octanol–water partition coefficient (Wildman–Crippen LogP) is 1.82. The monoisotopic (exact) mass is 288 g/mol. The van der Waals surface area contributed by atoms with Crippen molar-refractivity contribution in [1.82, 2.24) is 4.31 Å². The van der Waals surface area contributed by atoms with Gasteiger partial charge in [0.1, 0.15) is 10.7 Å². The Morgan fingerprint density at radius 1 is 1.32 bits per heavy atom. The minimum Gasteiger partial charge on any atom is -0.327 e. The van der Waals surface area contributed by atoms with Gasteiger partial charge in [-0.15, -0.1) is 0 Å². The van der Waals surface area contributed by atoms with Crippen LogP contribution in [0.5, 0.6) is 0 Å². The first-order valence-corrected chi connectivity index (χ1v) is 7.67. The molecule has 1 aromatic carbocycles. The third kappa shape index (κ3) is 3.99. The fraction of sp³-hybridized carbons (Fsp3) is 0.538. The number of halogens is 1. The van der Waals surface area contributed by atoms with Gasteiger partial charge in [0.25, 0.3) is 0 Å². The molecule has 0 fully saturated rings. The summed E-state index contributed by atoms with van der Waals surface area (Å²) < 4.78 is 39.0. The second-order valence-corrected chi connectivity index (χ2v) is 6.97. The quantitative estimate of drug-likeness (QED) is 0.868. The maximum atomic E-state index is 13.5. The van der Waals surface area contributed by atoms with Crippen molar-refractivity contribution < 1.29 is 12.8 Å². The van der Waals surface area contributed by atoms with E-state index in [0.717, 1.165) is 10.4 Å². The van der Waals surface area contributed by atoms with E-state index in [2.05, 4.69) is 0 Å². The molecule has 0 radical (unpaired) electrons. The summed E-state index contributed by atoms with van der Waals surface area (Å²) in [6, 6.07) is 5.30. The Hall–Kier alpha value is -0.980. The van der Waals surface area contributed by atoms with Crippen LogP contribution in [-0.4, -0.2) is 32.4 Å². The highest BCUT2D eigenvalue weighted by Crippen LogP contribution is 2.18. The van der Waals surface area contributed by atoms with Gasteiger partial charge in [-0.3, -0.25) is 0 Å². The van der Waals surface area contributed by atoms with Gasteiger partial charge < -0.3 is 5.73 Å². The number of rotatable bonds is 6. The molecule has 0 aliphatic carbocycles. The van der Waals surface area contributed by atoms with Gasteiger partial charge in [0, 0.05) is 19.6 Å². The molecule has 1 atom stereocenters. The first kappa shape index (κ1) is 16.1. The largest absolute Gasteiger partial charge is 0.327 e. The lowest BCUT2D eigenvalue weighted by Crippen LogP contribution is -2.35. The van der Waals surface area contributed by atoms with Gasteiger partial charge in [0.15, 0.2) is 0 Å². The Morgan fingerprint density at radius 2 is 1.89 bits per heavy atom. The Labute approximate surface area is 114 Å². The van der Waals surface area contributed by atoms with Crippen LogP contribution in [0, 0.1) is 11.7 Å². The van der Waals surface area contributed by atoms with Crippen LogP contribution in [0.2, 0.25) is 0 Å². The summed E-state index contributed by atoms with van der Waals surface area (Å²) in [4.78, 5) is -0.296. The zero-order chi connectivity index (χ0) is 14.6. The number of nitrogens with two attached hydrogens (primary N) is 1. The molecule has 6 heteroatoms. The fourth-order valence-electron chi connectivity index (χ4n) is 1.61. The molecule has 0 spiro atoms. The standard InChI is InChI=1S/C13H21FN2O2S/c1-10(2)12(15)8-9-16(3)19(17,18)13-7-5-4-6-11(13)14/h4-7,10,12H,8-9,15H2,1-3H3. The molecule has 0 aliphatic heterocycles. The third-order valence-corrected chi connectivity index (χ3v) is 5.05. The molecule has 0 bridgehead atoms. The van der Waals surface area contributed by atoms with E-state index in [4.69, 9.17) is 5.73 Å². The Bertz CT molecular complexity index is 517. The van der Waals surface area contributed by atoms with Crippen molar-refractivity contribution >= 4 is 10.0 Å². The van der Waals surface area contributed by atoms with E-state index in [1.54, 1.807) is 0 Å². The van der Waals surface area contributed by atoms with Crippen molar-refractivity contribution in [3.05, 3.63) is 30.1 Å². The summed E-state index contributed by atoms with van der Waals surface area (Å²) in [6.07, 6.45) is 0.544. The van der Waals surface area contributed by atoms with Gasteiger partial charge in [0.2, 0.25) is 10.0 Å². The average Bonchev–Trinajstić information content (AvgIpc) is 2.35. The van der Waals surface area contributed by atoms with Crippen LogP contribution in [0.1, 0.15) is 20.3 Å². The van der Waals surface area contributed by atoms with E-state index in [0.29, 0.717) is 6.42 Å².